The first kappa shape index (κ1) is 17.0. The molecule has 1 aliphatic rings. The van der Waals surface area contributed by atoms with Crippen LogP contribution in [0, 0.1) is 5.92 Å². The summed E-state index contributed by atoms with van der Waals surface area (Å²) >= 11 is 0. The Hall–Kier alpha value is -2.37. The van der Waals surface area contributed by atoms with E-state index < -0.39 is 35.5 Å². The van der Waals surface area contributed by atoms with E-state index in [1.54, 1.807) is 32.9 Å². The topological polar surface area (TPSA) is 78.9 Å². The largest absolute Gasteiger partial charge is 0.460 e. The van der Waals surface area contributed by atoms with Crippen molar-refractivity contribution in [3.05, 3.63) is 35.9 Å². The highest BCUT2D eigenvalue weighted by molar-refractivity contribution is 5.92. The van der Waals surface area contributed by atoms with Crippen molar-refractivity contribution in [1.82, 2.24) is 0 Å². The van der Waals surface area contributed by atoms with Gasteiger partial charge in [0.05, 0.1) is 6.42 Å². The molecule has 124 valence electrons. The van der Waals surface area contributed by atoms with E-state index in [1.165, 1.54) is 0 Å². The number of esters is 3. The molecular weight excluding hydrogens is 300 g/mol. The van der Waals surface area contributed by atoms with Gasteiger partial charge in [0, 0.05) is 0 Å². The number of rotatable bonds is 4. The predicted molar refractivity (Wildman–Crippen MR) is 80.1 cm³/mol. The normalized spacial score (nSPS) is 20.7. The molecule has 1 aromatic rings. The standard InChI is InChI=1S/C17H20O6/c1-17(2,3)23-15(19)12-9-13(18)22-14(12)16(20)21-10-11-7-5-4-6-8-11/h4-8,12,14H,9-10H2,1-3H3. The number of carbonyl (C=O) groups excluding carboxylic acids is 3. The third-order valence-corrected chi connectivity index (χ3v) is 3.18. The highest BCUT2D eigenvalue weighted by atomic mass is 16.6. The summed E-state index contributed by atoms with van der Waals surface area (Å²) in [5.74, 6) is -2.95. The van der Waals surface area contributed by atoms with Crippen LogP contribution in [0.2, 0.25) is 0 Å². The summed E-state index contributed by atoms with van der Waals surface area (Å²) in [5, 5.41) is 0. The molecule has 0 N–H and O–H groups in total. The SMILES string of the molecule is CC(C)(C)OC(=O)C1CC(=O)OC1C(=O)OCc1ccccc1. The zero-order valence-electron chi connectivity index (χ0n) is 13.4. The van der Waals surface area contributed by atoms with Gasteiger partial charge in [0.1, 0.15) is 18.1 Å². The van der Waals surface area contributed by atoms with Gasteiger partial charge in [0.15, 0.2) is 0 Å². The lowest BCUT2D eigenvalue weighted by Crippen LogP contribution is -2.37. The van der Waals surface area contributed by atoms with E-state index in [2.05, 4.69) is 0 Å². The Morgan fingerprint density at radius 3 is 2.43 bits per heavy atom. The van der Waals surface area contributed by atoms with Crippen molar-refractivity contribution in [2.24, 2.45) is 5.92 Å². The molecule has 0 saturated carbocycles. The van der Waals surface area contributed by atoms with Gasteiger partial charge in [-0.2, -0.15) is 0 Å². The van der Waals surface area contributed by atoms with Crippen molar-refractivity contribution in [2.75, 3.05) is 0 Å². The van der Waals surface area contributed by atoms with E-state index >= 15 is 0 Å². The van der Waals surface area contributed by atoms with Crippen molar-refractivity contribution in [2.45, 2.75) is 45.5 Å². The summed E-state index contributed by atoms with van der Waals surface area (Å²) in [6.45, 7) is 5.19. The third kappa shape index (κ3) is 4.81. The number of cyclic esters (lactones) is 1. The highest BCUT2D eigenvalue weighted by Gasteiger charge is 2.47. The van der Waals surface area contributed by atoms with Gasteiger partial charge in [0.2, 0.25) is 6.10 Å². The lowest BCUT2D eigenvalue weighted by Gasteiger charge is -2.23. The molecule has 1 saturated heterocycles. The first-order valence-corrected chi connectivity index (χ1v) is 7.39. The van der Waals surface area contributed by atoms with Crippen LogP contribution >= 0.6 is 0 Å². The smallest absolute Gasteiger partial charge is 0.348 e. The number of ether oxygens (including phenoxy) is 3. The number of hydrogen-bond donors (Lipinski definition) is 0. The maximum atomic E-state index is 12.1. The molecule has 2 rings (SSSR count). The first-order valence-electron chi connectivity index (χ1n) is 7.39. The minimum atomic E-state index is -1.25. The van der Waals surface area contributed by atoms with Crippen LogP contribution in [0.5, 0.6) is 0 Å². The minimum Gasteiger partial charge on any atom is -0.460 e. The molecule has 1 aliphatic heterocycles. The van der Waals surface area contributed by atoms with Crippen LogP contribution in [-0.4, -0.2) is 29.6 Å². The molecule has 0 spiro atoms. The number of benzene rings is 1. The summed E-state index contributed by atoms with van der Waals surface area (Å²) in [5.41, 5.74) is 0.0975. The molecule has 0 aliphatic carbocycles. The lowest BCUT2D eigenvalue weighted by atomic mass is 10.0. The molecule has 1 heterocycles. The monoisotopic (exact) mass is 320 g/mol. The maximum absolute atomic E-state index is 12.1. The fourth-order valence-corrected chi connectivity index (χ4v) is 2.17. The fraction of sp³-hybridized carbons (Fsp3) is 0.471. The van der Waals surface area contributed by atoms with E-state index in [1.807, 2.05) is 18.2 Å². The Morgan fingerprint density at radius 2 is 1.83 bits per heavy atom. The summed E-state index contributed by atoms with van der Waals surface area (Å²) in [7, 11) is 0. The highest BCUT2D eigenvalue weighted by Crippen LogP contribution is 2.26. The van der Waals surface area contributed by atoms with E-state index in [-0.39, 0.29) is 13.0 Å². The van der Waals surface area contributed by atoms with Crippen molar-refractivity contribution in [1.29, 1.82) is 0 Å². The maximum Gasteiger partial charge on any atom is 0.348 e. The number of carbonyl (C=O) groups is 3. The quantitative estimate of drug-likeness (QED) is 0.624. The minimum absolute atomic E-state index is 0.0504. The van der Waals surface area contributed by atoms with Crippen molar-refractivity contribution in [3.63, 3.8) is 0 Å². The first-order chi connectivity index (χ1) is 10.8. The Labute approximate surface area is 134 Å². The molecule has 0 amide bonds. The van der Waals surface area contributed by atoms with Gasteiger partial charge in [0.25, 0.3) is 0 Å². The van der Waals surface area contributed by atoms with E-state index in [4.69, 9.17) is 14.2 Å². The second kappa shape index (κ2) is 6.81. The average Bonchev–Trinajstić information content (AvgIpc) is 2.86. The Kier molecular flexibility index (Phi) is 5.03. The van der Waals surface area contributed by atoms with E-state index in [0.717, 1.165) is 5.56 Å². The molecule has 2 atom stereocenters. The fourth-order valence-electron chi connectivity index (χ4n) is 2.17. The van der Waals surface area contributed by atoms with Gasteiger partial charge in [-0.15, -0.1) is 0 Å². The van der Waals surface area contributed by atoms with Gasteiger partial charge < -0.3 is 14.2 Å². The molecule has 1 aromatic carbocycles. The Balaban J connectivity index is 1.99. The molecule has 2 unspecified atom stereocenters. The summed E-state index contributed by atoms with van der Waals surface area (Å²) in [4.78, 5) is 35.7. The molecule has 6 heteroatoms. The van der Waals surface area contributed by atoms with Crippen LogP contribution in [0.15, 0.2) is 30.3 Å². The zero-order valence-corrected chi connectivity index (χ0v) is 13.4. The predicted octanol–water partition coefficient (Wildman–Crippen LogP) is 2.00. The molecular formula is C17H20O6. The van der Waals surface area contributed by atoms with Crippen molar-refractivity contribution in [3.8, 4) is 0 Å². The summed E-state index contributed by atoms with van der Waals surface area (Å²) < 4.78 is 15.3. The summed E-state index contributed by atoms with van der Waals surface area (Å²) in [6.07, 6.45) is -1.43. The average molecular weight is 320 g/mol. The van der Waals surface area contributed by atoms with Gasteiger partial charge in [-0.3, -0.25) is 9.59 Å². The van der Waals surface area contributed by atoms with Crippen LogP contribution in [-0.2, 0) is 35.2 Å². The van der Waals surface area contributed by atoms with E-state index in [9.17, 15) is 14.4 Å². The third-order valence-electron chi connectivity index (χ3n) is 3.18. The molecule has 23 heavy (non-hydrogen) atoms. The van der Waals surface area contributed by atoms with Crippen LogP contribution in [0.25, 0.3) is 0 Å². The molecule has 0 bridgehead atoms. The molecule has 0 radical (unpaired) electrons. The second-order valence-electron chi connectivity index (χ2n) is 6.35. The van der Waals surface area contributed by atoms with Crippen molar-refractivity contribution >= 4 is 17.9 Å². The van der Waals surface area contributed by atoms with Crippen LogP contribution < -0.4 is 0 Å². The Morgan fingerprint density at radius 1 is 1.17 bits per heavy atom. The van der Waals surface area contributed by atoms with Gasteiger partial charge in [-0.25, -0.2) is 4.79 Å². The summed E-state index contributed by atoms with van der Waals surface area (Å²) in [6, 6.07) is 9.10. The number of hydrogen-bond acceptors (Lipinski definition) is 6. The van der Waals surface area contributed by atoms with E-state index in [0.29, 0.717) is 0 Å². The molecule has 1 fully saturated rings. The molecule has 0 aromatic heterocycles. The molecule has 6 nitrogen and oxygen atoms in total. The van der Waals surface area contributed by atoms with Gasteiger partial charge in [-0.05, 0) is 26.3 Å². The van der Waals surface area contributed by atoms with Crippen molar-refractivity contribution < 1.29 is 28.6 Å². The van der Waals surface area contributed by atoms with Crippen LogP contribution in [0.1, 0.15) is 32.8 Å². The second-order valence-corrected chi connectivity index (χ2v) is 6.35. The van der Waals surface area contributed by atoms with Gasteiger partial charge >= 0.3 is 17.9 Å². The van der Waals surface area contributed by atoms with Gasteiger partial charge in [-0.1, -0.05) is 30.3 Å². The zero-order chi connectivity index (χ0) is 17.0. The lowest BCUT2D eigenvalue weighted by molar-refractivity contribution is -0.172. The Bertz CT molecular complexity index is 587. The van der Waals surface area contributed by atoms with Crippen LogP contribution in [0.3, 0.4) is 0 Å². The van der Waals surface area contributed by atoms with Crippen LogP contribution in [0.4, 0.5) is 0 Å².